The second-order valence-corrected chi connectivity index (χ2v) is 5.60. The predicted octanol–water partition coefficient (Wildman–Crippen LogP) is 1.93. The van der Waals surface area contributed by atoms with Crippen LogP contribution in [-0.2, 0) is 0 Å². The third-order valence-corrected chi connectivity index (χ3v) is 4.30. The number of amides is 1. The summed E-state index contributed by atoms with van der Waals surface area (Å²) in [7, 11) is 4.63. The summed E-state index contributed by atoms with van der Waals surface area (Å²) in [5.74, 6) is 1.35. The fourth-order valence-corrected chi connectivity index (χ4v) is 2.87. The van der Waals surface area contributed by atoms with Crippen LogP contribution in [0.4, 0.5) is 0 Å². The number of hydrogen-bond acceptors (Lipinski definition) is 5. The Morgan fingerprint density at radius 3 is 2.13 bits per heavy atom. The van der Waals surface area contributed by atoms with Gasteiger partial charge < -0.3 is 24.4 Å². The molecule has 128 valence electrons. The number of rotatable bonds is 6. The minimum Gasteiger partial charge on any atom is -0.493 e. The maximum Gasteiger partial charge on any atom is 0.251 e. The van der Waals surface area contributed by atoms with Crippen LogP contribution in [0.3, 0.4) is 0 Å². The van der Waals surface area contributed by atoms with Gasteiger partial charge in [0, 0.05) is 24.7 Å². The standard InChI is InChI=1S/C17H26N2O4/c1-5-19-8-6-13(7-9-19)18-17(20)12-10-14(21-2)16(23-4)15(11-12)22-3/h10-11,13H,5-9H2,1-4H3,(H,18,20). The van der Waals surface area contributed by atoms with Crippen molar-refractivity contribution in [2.45, 2.75) is 25.8 Å². The monoisotopic (exact) mass is 322 g/mol. The minimum absolute atomic E-state index is 0.112. The maximum absolute atomic E-state index is 12.5. The highest BCUT2D eigenvalue weighted by Crippen LogP contribution is 2.38. The lowest BCUT2D eigenvalue weighted by atomic mass is 10.0. The molecule has 1 aromatic carbocycles. The van der Waals surface area contributed by atoms with Crippen LogP contribution in [0.5, 0.6) is 17.2 Å². The third-order valence-electron chi connectivity index (χ3n) is 4.30. The van der Waals surface area contributed by atoms with E-state index in [0.717, 1.165) is 32.5 Å². The highest BCUT2D eigenvalue weighted by Gasteiger charge is 2.22. The fourth-order valence-electron chi connectivity index (χ4n) is 2.87. The first-order valence-corrected chi connectivity index (χ1v) is 7.96. The van der Waals surface area contributed by atoms with Crippen LogP contribution in [0.25, 0.3) is 0 Å². The highest BCUT2D eigenvalue weighted by atomic mass is 16.5. The number of nitrogens with one attached hydrogen (secondary N) is 1. The summed E-state index contributed by atoms with van der Waals surface area (Å²) in [5, 5.41) is 3.10. The zero-order chi connectivity index (χ0) is 16.8. The largest absolute Gasteiger partial charge is 0.493 e. The number of benzene rings is 1. The van der Waals surface area contributed by atoms with Crippen molar-refractivity contribution in [1.82, 2.24) is 10.2 Å². The Balaban J connectivity index is 2.10. The zero-order valence-corrected chi connectivity index (χ0v) is 14.3. The van der Waals surface area contributed by atoms with Crippen molar-refractivity contribution in [3.63, 3.8) is 0 Å². The lowest BCUT2D eigenvalue weighted by Crippen LogP contribution is -2.44. The van der Waals surface area contributed by atoms with Crippen LogP contribution in [0.1, 0.15) is 30.1 Å². The Labute approximate surface area is 137 Å². The summed E-state index contributed by atoms with van der Waals surface area (Å²) < 4.78 is 15.9. The van der Waals surface area contributed by atoms with Gasteiger partial charge in [-0.3, -0.25) is 4.79 Å². The molecule has 0 bridgehead atoms. The molecule has 1 fully saturated rings. The Morgan fingerprint density at radius 2 is 1.70 bits per heavy atom. The van der Waals surface area contributed by atoms with E-state index in [0.29, 0.717) is 22.8 Å². The molecule has 0 atom stereocenters. The smallest absolute Gasteiger partial charge is 0.251 e. The SMILES string of the molecule is CCN1CCC(NC(=O)c2cc(OC)c(OC)c(OC)c2)CC1. The lowest BCUT2D eigenvalue weighted by Gasteiger charge is -2.31. The third kappa shape index (κ3) is 4.07. The molecule has 0 saturated carbocycles. The zero-order valence-electron chi connectivity index (χ0n) is 14.3. The molecular formula is C17H26N2O4. The number of ether oxygens (including phenoxy) is 3. The average Bonchev–Trinajstić information content (AvgIpc) is 2.60. The molecule has 0 spiro atoms. The first-order chi connectivity index (χ1) is 11.1. The maximum atomic E-state index is 12.5. The van der Waals surface area contributed by atoms with Gasteiger partial charge >= 0.3 is 0 Å². The molecule has 0 unspecified atom stereocenters. The van der Waals surface area contributed by atoms with Gasteiger partial charge in [0.05, 0.1) is 21.3 Å². The molecule has 2 rings (SSSR count). The Hall–Kier alpha value is -1.95. The molecule has 0 aliphatic carbocycles. The van der Waals surface area contributed by atoms with Gasteiger partial charge in [0.2, 0.25) is 5.75 Å². The summed E-state index contributed by atoms with van der Waals surface area (Å²) >= 11 is 0. The summed E-state index contributed by atoms with van der Waals surface area (Å²) in [5.41, 5.74) is 0.512. The van der Waals surface area contributed by atoms with Crippen LogP contribution in [0.15, 0.2) is 12.1 Å². The second-order valence-electron chi connectivity index (χ2n) is 5.60. The van der Waals surface area contributed by atoms with Gasteiger partial charge in [-0.05, 0) is 31.5 Å². The van der Waals surface area contributed by atoms with Crippen LogP contribution in [0, 0.1) is 0 Å². The van der Waals surface area contributed by atoms with Crippen molar-refractivity contribution >= 4 is 5.91 Å². The molecule has 0 radical (unpaired) electrons. The van der Waals surface area contributed by atoms with Crippen LogP contribution >= 0.6 is 0 Å². The number of piperidine rings is 1. The van der Waals surface area contributed by atoms with E-state index < -0.39 is 0 Å². The van der Waals surface area contributed by atoms with Gasteiger partial charge in [-0.25, -0.2) is 0 Å². The lowest BCUT2D eigenvalue weighted by molar-refractivity contribution is 0.0912. The second kappa shape index (κ2) is 8.06. The first-order valence-electron chi connectivity index (χ1n) is 7.96. The average molecular weight is 322 g/mol. The molecule has 1 aliphatic heterocycles. The number of methoxy groups -OCH3 is 3. The molecule has 1 aliphatic rings. The highest BCUT2D eigenvalue weighted by molar-refractivity contribution is 5.95. The van der Waals surface area contributed by atoms with E-state index in [4.69, 9.17) is 14.2 Å². The van der Waals surface area contributed by atoms with Gasteiger partial charge in [0.1, 0.15) is 0 Å². The van der Waals surface area contributed by atoms with Crippen LogP contribution < -0.4 is 19.5 Å². The van der Waals surface area contributed by atoms with E-state index in [9.17, 15) is 4.79 Å². The summed E-state index contributed by atoms with van der Waals surface area (Å²) in [6, 6.07) is 3.57. The molecule has 6 nitrogen and oxygen atoms in total. The van der Waals surface area contributed by atoms with Crippen molar-refractivity contribution in [3.8, 4) is 17.2 Å². The van der Waals surface area contributed by atoms with Gasteiger partial charge in [0.25, 0.3) is 5.91 Å². The Morgan fingerprint density at radius 1 is 1.13 bits per heavy atom. The van der Waals surface area contributed by atoms with Crippen molar-refractivity contribution in [2.75, 3.05) is 41.0 Å². The van der Waals surface area contributed by atoms with Crippen molar-refractivity contribution in [1.29, 1.82) is 0 Å². The Bertz CT molecular complexity index is 514. The molecule has 1 saturated heterocycles. The van der Waals surface area contributed by atoms with Crippen LogP contribution in [0.2, 0.25) is 0 Å². The number of carbonyl (C=O) groups excluding carboxylic acids is 1. The summed E-state index contributed by atoms with van der Waals surface area (Å²) in [6.45, 7) is 5.27. The number of carbonyl (C=O) groups is 1. The van der Waals surface area contributed by atoms with E-state index in [1.54, 1.807) is 33.5 Å². The quantitative estimate of drug-likeness (QED) is 0.867. The van der Waals surface area contributed by atoms with E-state index in [1.165, 1.54) is 0 Å². The molecule has 1 heterocycles. The van der Waals surface area contributed by atoms with Gasteiger partial charge in [-0.15, -0.1) is 0 Å². The predicted molar refractivity (Wildman–Crippen MR) is 88.7 cm³/mol. The normalized spacial score (nSPS) is 16.0. The molecule has 23 heavy (non-hydrogen) atoms. The van der Waals surface area contributed by atoms with Gasteiger partial charge in [-0.1, -0.05) is 6.92 Å². The number of likely N-dealkylation sites (tertiary alicyclic amines) is 1. The molecule has 0 aromatic heterocycles. The van der Waals surface area contributed by atoms with Gasteiger partial charge in [0.15, 0.2) is 11.5 Å². The number of hydrogen-bond donors (Lipinski definition) is 1. The minimum atomic E-state index is -0.112. The first kappa shape index (κ1) is 17.4. The Kier molecular flexibility index (Phi) is 6.10. The molecule has 1 aromatic rings. The van der Waals surface area contributed by atoms with E-state index in [-0.39, 0.29) is 11.9 Å². The van der Waals surface area contributed by atoms with Crippen molar-refractivity contribution < 1.29 is 19.0 Å². The van der Waals surface area contributed by atoms with Crippen molar-refractivity contribution in [2.24, 2.45) is 0 Å². The van der Waals surface area contributed by atoms with Crippen molar-refractivity contribution in [3.05, 3.63) is 17.7 Å². The topological polar surface area (TPSA) is 60.0 Å². The van der Waals surface area contributed by atoms with E-state index in [1.807, 2.05) is 0 Å². The molecular weight excluding hydrogens is 296 g/mol. The van der Waals surface area contributed by atoms with E-state index in [2.05, 4.69) is 17.1 Å². The molecule has 6 heteroatoms. The van der Waals surface area contributed by atoms with Crippen LogP contribution in [-0.4, -0.2) is 57.8 Å². The summed E-state index contributed by atoms with van der Waals surface area (Å²) in [4.78, 5) is 14.9. The summed E-state index contributed by atoms with van der Waals surface area (Å²) in [6.07, 6.45) is 1.95. The van der Waals surface area contributed by atoms with E-state index >= 15 is 0 Å². The molecule has 1 amide bonds. The molecule has 1 N–H and O–H groups in total. The number of nitrogens with zero attached hydrogens (tertiary/aromatic N) is 1. The van der Waals surface area contributed by atoms with Gasteiger partial charge in [-0.2, -0.15) is 0 Å². The fraction of sp³-hybridized carbons (Fsp3) is 0.588.